The molecule has 0 aliphatic heterocycles. The second kappa shape index (κ2) is 11.4. The zero-order chi connectivity index (χ0) is 22.1. The molecule has 2 N–H and O–H groups in total. The lowest BCUT2D eigenvalue weighted by molar-refractivity contribution is -0.117. The number of ether oxygens (including phenoxy) is 1. The number of hydrogen-bond donors (Lipinski definition) is 2. The summed E-state index contributed by atoms with van der Waals surface area (Å²) in [6, 6.07) is 16.1. The molecule has 0 saturated heterocycles. The molecule has 162 valence electrons. The maximum atomic E-state index is 13.0. The molecule has 1 aromatic heterocycles. The molecule has 8 heteroatoms. The number of benzene rings is 2. The lowest BCUT2D eigenvalue weighted by atomic mass is 10.2. The van der Waals surface area contributed by atoms with Gasteiger partial charge >= 0.3 is 0 Å². The van der Waals surface area contributed by atoms with Crippen molar-refractivity contribution in [3.8, 4) is 5.75 Å². The number of amides is 1. The molecule has 0 aliphatic carbocycles. The van der Waals surface area contributed by atoms with Gasteiger partial charge in [-0.2, -0.15) is 0 Å². The Bertz CT molecular complexity index is 956. The van der Waals surface area contributed by atoms with Crippen LogP contribution in [-0.4, -0.2) is 46.7 Å². The summed E-state index contributed by atoms with van der Waals surface area (Å²) in [4.78, 5) is 18.4. The number of pyridine rings is 1. The highest BCUT2D eigenvalue weighted by Gasteiger charge is 2.17. The predicted molar refractivity (Wildman–Crippen MR) is 117 cm³/mol. The molecule has 1 amide bonds. The Balaban J connectivity index is 1.58. The molecular formula is C23H23ClFN3O3. The SMILES string of the molecule is O=C(CN(Cc1cccnc1)CC(O)COc1ccc(F)cc1)Nc1ccc(Cl)cc1. The monoisotopic (exact) mass is 443 g/mol. The molecule has 1 heterocycles. The Labute approximate surface area is 185 Å². The third-order valence-corrected chi connectivity index (χ3v) is 4.60. The van der Waals surface area contributed by atoms with E-state index in [0.29, 0.717) is 23.0 Å². The summed E-state index contributed by atoms with van der Waals surface area (Å²) < 4.78 is 18.5. The van der Waals surface area contributed by atoms with Crippen molar-refractivity contribution in [1.29, 1.82) is 0 Å². The number of halogens is 2. The second-order valence-corrected chi connectivity index (χ2v) is 7.44. The van der Waals surface area contributed by atoms with Crippen molar-refractivity contribution < 1.29 is 19.0 Å². The van der Waals surface area contributed by atoms with Crippen LogP contribution in [0, 0.1) is 5.82 Å². The molecule has 3 aromatic rings. The van der Waals surface area contributed by atoms with E-state index >= 15 is 0 Å². The van der Waals surface area contributed by atoms with Crippen molar-refractivity contribution in [2.75, 3.05) is 25.0 Å². The molecule has 0 bridgehead atoms. The standard InChI is InChI=1S/C23H23ClFN3O3/c24-18-3-7-20(8-4-18)27-23(30)15-28(13-17-2-1-11-26-12-17)14-21(29)16-31-22-9-5-19(25)6-10-22/h1-12,21,29H,13-16H2,(H,27,30). The Morgan fingerprint density at radius 3 is 2.58 bits per heavy atom. The van der Waals surface area contributed by atoms with Gasteiger partial charge in [-0.1, -0.05) is 17.7 Å². The van der Waals surface area contributed by atoms with Crippen LogP contribution in [0.1, 0.15) is 5.56 Å². The number of carbonyl (C=O) groups is 1. The summed E-state index contributed by atoms with van der Waals surface area (Å²) in [6.07, 6.45) is 2.53. The highest BCUT2D eigenvalue weighted by Crippen LogP contribution is 2.14. The maximum absolute atomic E-state index is 13.0. The summed E-state index contributed by atoms with van der Waals surface area (Å²) in [5.74, 6) is -0.125. The van der Waals surface area contributed by atoms with Crippen molar-refractivity contribution in [1.82, 2.24) is 9.88 Å². The molecule has 0 radical (unpaired) electrons. The molecule has 3 rings (SSSR count). The van der Waals surface area contributed by atoms with Crippen molar-refractivity contribution in [2.24, 2.45) is 0 Å². The summed E-state index contributed by atoms with van der Waals surface area (Å²) in [5, 5.41) is 13.8. The van der Waals surface area contributed by atoms with Gasteiger partial charge in [0.05, 0.1) is 6.54 Å². The van der Waals surface area contributed by atoms with Crippen LogP contribution >= 0.6 is 11.6 Å². The van der Waals surface area contributed by atoms with Crippen LogP contribution in [0.15, 0.2) is 73.1 Å². The molecule has 0 aliphatic rings. The first-order valence-corrected chi connectivity index (χ1v) is 10.1. The van der Waals surface area contributed by atoms with Crippen LogP contribution in [0.3, 0.4) is 0 Å². The second-order valence-electron chi connectivity index (χ2n) is 7.00. The number of nitrogens with one attached hydrogen (secondary N) is 1. The minimum Gasteiger partial charge on any atom is -0.491 e. The van der Waals surface area contributed by atoms with Crippen molar-refractivity contribution >= 4 is 23.2 Å². The number of carbonyl (C=O) groups excluding carboxylic acids is 1. The van der Waals surface area contributed by atoms with E-state index in [1.54, 1.807) is 41.6 Å². The molecule has 1 unspecified atom stereocenters. The predicted octanol–water partition coefficient (Wildman–Crippen LogP) is 3.75. The largest absolute Gasteiger partial charge is 0.491 e. The van der Waals surface area contributed by atoms with Gasteiger partial charge in [0.25, 0.3) is 0 Å². The average molecular weight is 444 g/mol. The molecule has 2 aromatic carbocycles. The van der Waals surface area contributed by atoms with E-state index < -0.39 is 6.10 Å². The quantitative estimate of drug-likeness (QED) is 0.499. The Kier molecular flexibility index (Phi) is 8.35. The summed E-state index contributed by atoms with van der Waals surface area (Å²) in [5.41, 5.74) is 1.55. The Hall–Kier alpha value is -3.00. The van der Waals surface area contributed by atoms with Crippen molar-refractivity contribution in [2.45, 2.75) is 12.6 Å². The van der Waals surface area contributed by atoms with Crippen molar-refractivity contribution in [3.05, 3.63) is 89.5 Å². The van der Waals surface area contributed by atoms with Gasteiger partial charge in [-0.3, -0.25) is 14.7 Å². The van der Waals surface area contributed by atoms with E-state index in [-0.39, 0.29) is 31.4 Å². The molecule has 6 nitrogen and oxygen atoms in total. The van der Waals surface area contributed by atoms with Crippen LogP contribution < -0.4 is 10.1 Å². The Morgan fingerprint density at radius 2 is 1.90 bits per heavy atom. The zero-order valence-corrected chi connectivity index (χ0v) is 17.5. The van der Waals surface area contributed by atoms with E-state index in [1.165, 1.54) is 24.3 Å². The molecular weight excluding hydrogens is 421 g/mol. The number of aromatic nitrogens is 1. The number of aliphatic hydroxyl groups is 1. The molecule has 1 atom stereocenters. The third-order valence-electron chi connectivity index (χ3n) is 4.35. The number of nitrogens with zero attached hydrogens (tertiary/aromatic N) is 2. The number of hydrogen-bond acceptors (Lipinski definition) is 5. The normalized spacial score (nSPS) is 11.9. The number of rotatable bonds is 10. The van der Waals surface area contributed by atoms with E-state index in [2.05, 4.69) is 10.3 Å². The van der Waals surface area contributed by atoms with E-state index in [9.17, 15) is 14.3 Å². The fourth-order valence-corrected chi connectivity index (χ4v) is 3.07. The van der Waals surface area contributed by atoms with Gasteiger partial charge in [0, 0.05) is 36.2 Å². The summed E-state index contributed by atoms with van der Waals surface area (Å²) in [7, 11) is 0. The van der Waals surface area contributed by atoms with Gasteiger partial charge in [-0.05, 0) is 60.2 Å². The van der Waals surface area contributed by atoms with E-state index in [1.807, 2.05) is 12.1 Å². The van der Waals surface area contributed by atoms with Gasteiger partial charge in [0.2, 0.25) is 5.91 Å². The van der Waals surface area contributed by atoms with Crippen LogP contribution in [-0.2, 0) is 11.3 Å². The van der Waals surface area contributed by atoms with Crippen LogP contribution in [0.5, 0.6) is 5.75 Å². The molecule has 0 fully saturated rings. The lowest BCUT2D eigenvalue weighted by Gasteiger charge is -2.24. The summed E-state index contributed by atoms with van der Waals surface area (Å²) >= 11 is 5.88. The number of anilines is 1. The summed E-state index contributed by atoms with van der Waals surface area (Å²) in [6.45, 7) is 0.693. The van der Waals surface area contributed by atoms with Gasteiger partial charge in [-0.15, -0.1) is 0 Å². The fourth-order valence-electron chi connectivity index (χ4n) is 2.95. The van der Waals surface area contributed by atoms with Crippen molar-refractivity contribution in [3.63, 3.8) is 0 Å². The first-order valence-electron chi connectivity index (χ1n) is 9.71. The molecule has 0 spiro atoms. The lowest BCUT2D eigenvalue weighted by Crippen LogP contribution is -2.40. The van der Waals surface area contributed by atoms with E-state index in [0.717, 1.165) is 5.56 Å². The highest BCUT2D eigenvalue weighted by atomic mass is 35.5. The van der Waals surface area contributed by atoms with Crippen LogP contribution in [0.2, 0.25) is 5.02 Å². The minimum absolute atomic E-state index is 0.00791. The topological polar surface area (TPSA) is 74.7 Å². The van der Waals surface area contributed by atoms with Crippen LogP contribution in [0.4, 0.5) is 10.1 Å². The first kappa shape index (κ1) is 22.7. The average Bonchev–Trinajstić information content (AvgIpc) is 2.75. The molecule has 0 saturated carbocycles. The fraction of sp³-hybridized carbons (Fsp3) is 0.217. The molecule has 31 heavy (non-hydrogen) atoms. The van der Waals surface area contributed by atoms with Gasteiger partial charge in [0.1, 0.15) is 24.3 Å². The minimum atomic E-state index is -0.856. The van der Waals surface area contributed by atoms with E-state index in [4.69, 9.17) is 16.3 Å². The Morgan fingerprint density at radius 1 is 1.16 bits per heavy atom. The van der Waals surface area contributed by atoms with Gasteiger partial charge < -0.3 is 15.2 Å². The van der Waals surface area contributed by atoms with Crippen LogP contribution in [0.25, 0.3) is 0 Å². The number of aliphatic hydroxyl groups excluding tert-OH is 1. The smallest absolute Gasteiger partial charge is 0.238 e. The zero-order valence-electron chi connectivity index (χ0n) is 16.7. The van der Waals surface area contributed by atoms with Gasteiger partial charge in [-0.25, -0.2) is 4.39 Å². The van der Waals surface area contributed by atoms with Gasteiger partial charge in [0.15, 0.2) is 0 Å². The first-order chi connectivity index (χ1) is 15.0. The third kappa shape index (κ3) is 7.97. The highest BCUT2D eigenvalue weighted by molar-refractivity contribution is 6.30. The maximum Gasteiger partial charge on any atom is 0.238 e.